The molecule has 1 aromatic carbocycles. The van der Waals surface area contributed by atoms with Gasteiger partial charge in [-0.2, -0.15) is 0 Å². The second-order valence-electron chi connectivity index (χ2n) is 8.33. The first-order valence-electron chi connectivity index (χ1n) is 11.3. The van der Waals surface area contributed by atoms with E-state index in [-0.39, 0.29) is 5.91 Å². The fourth-order valence-electron chi connectivity index (χ4n) is 3.96. The van der Waals surface area contributed by atoms with Gasteiger partial charge in [0.1, 0.15) is 17.4 Å². The Balaban J connectivity index is 1.39. The smallest absolute Gasteiger partial charge is 0.264 e. The second kappa shape index (κ2) is 11.1. The molecule has 3 aromatic rings. The molecule has 0 aliphatic carbocycles. The van der Waals surface area contributed by atoms with Crippen LogP contribution in [-0.4, -0.2) is 46.9 Å². The Morgan fingerprint density at radius 3 is 2.75 bits per heavy atom. The Hall–Kier alpha value is -2.22. The number of likely N-dealkylation sites (tertiary alicyclic amines) is 1. The molecule has 4 rings (SSSR count). The standard InChI is InChI=1S/C25H31N3O2S2/c1-19-8-6-9-22(20(19)2)30-17-24-26-21(18-32-24)16-28(25(29)23-10-7-15-31-23)14-13-27-11-4-3-5-12-27/h6-10,15,18H,3-5,11-14,16-17H2,1-2H3. The lowest BCUT2D eigenvalue weighted by atomic mass is 10.1. The van der Waals surface area contributed by atoms with Gasteiger partial charge in [-0.15, -0.1) is 22.7 Å². The maximum atomic E-state index is 13.1. The van der Waals surface area contributed by atoms with Crippen LogP contribution in [0.15, 0.2) is 41.1 Å². The molecule has 1 aliphatic rings. The number of aryl methyl sites for hydroxylation is 1. The number of amides is 1. The zero-order chi connectivity index (χ0) is 22.3. The number of hydrogen-bond donors (Lipinski definition) is 0. The third kappa shape index (κ3) is 5.97. The summed E-state index contributed by atoms with van der Waals surface area (Å²) in [6.07, 6.45) is 3.84. The predicted octanol–water partition coefficient (Wildman–Crippen LogP) is 5.53. The van der Waals surface area contributed by atoms with E-state index in [1.165, 1.54) is 36.2 Å². The van der Waals surface area contributed by atoms with E-state index in [0.717, 1.165) is 53.1 Å². The molecule has 1 fully saturated rings. The summed E-state index contributed by atoms with van der Waals surface area (Å²) in [7, 11) is 0. The van der Waals surface area contributed by atoms with Crippen LogP contribution in [0, 0.1) is 13.8 Å². The quantitative estimate of drug-likeness (QED) is 0.413. The molecule has 3 heterocycles. The number of thiazole rings is 1. The van der Waals surface area contributed by atoms with Crippen LogP contribution in [0.2, 0.25) is 0 Å². The minimum atomic E-state index is 0.0956. The van der Waals surface area contributed by atoms with E-state index in [1.807, 2.05) is 34.5 Å². The Kier molecular flexibility index (Phi) is 7.95. The van der Waals surface area contributed by atoms with E-state index in [0.29, 0.717) is 13.2 Å². The van der Waals surface area contributed by atoms with Crippen molar-refractivity contribution >= 4 is 28.6 Å². The molecule has 1 saturated heterocycles. The van der Waals surface area contributed by atoms with Crippen LogP contribution in [0.3, 0.4) is 0 Å². The maximum absolute atomic E-state index is 13.1. The number of rotatable bonds is 9. The highest BCUT2D eigenvalue weighted by atomic mass is 32.1. The minimum absolute atomic E-state index is 0.0956. The van der Waals surface area contributed by atoms with Gasteiger partial charge in [-0.05, 0) is 68.4 Å². The van der Waals surface area contributed by atoms with Crippen molar-refractivity contribution in [3.63, 3.8) is 0 Å². The Morgan fingerprint density at radius 2 is 1.97 bits per heavy atom. The van der Waals surface area contributed by atoms with Crippen molar-refractivity contribution in [1.82, 2.24) is 14.8 Å². The normalized spacial score (nSPS) is 14.4. The van der Waals surface area contributed by atoms with E-state index in [1.54, 1.807) is 11.3 Å². The molecule has 0 spiro atoms. The Bertz CT molecular complexity index is 1010. The lowest BCUT2D eigenvalue weighted by molar-refractivity contribution is 0.0718. The number of nitrogens with zero attached hydrogens (tertiary/aromatic N) is 3. The number of hydrogen-bond acceptors (Lipinski definition) is 6. The predicted molar refractivity (Wildman–Crippen MR) is 132 cm³/mol. The van der Waals surface area contributed by atoms with E-state index >= 15 is 0 Å². The summed E-state index contributed by atoms with van der Waals surface area (Å²) in [5.74, 6) is 0.996. The van der Waals surface area contributed by atoms with Crippen LogP contribution in [0.1, 0.15) is 50.8 Å². The summed E-state index contributed by atoms with van der Waals surface area (Å²) in [6, 6.07) is 9.95. The number of carbonyl (C=O) groups is 1. The van der Waals surface area contributed by atoms with Crippen molar-refractivity contribution < 1.29 is 9.53 Å². The van der Waals surface area contributed by atoms with Crippen LogP contribution in [0.4, 0.5) is 0 Å². The monoisotopic (exact) mass is 469 g/mol. The molecule has 32 heavy (non-hydrogen) atoms. The first-order valence-corrected chi connectivity index (χ1v) is 13.0. The van der Waals surface area contributed by atoms with Crippen molar-refractivity contribution in [2.24, 2.45) is 0 Å². The average Bonchev–Trinajstić information content (AvgIpc) is 3.50. The molecule has 7 heteroatoms. The number of carbonyl (C=O) groups excluding carboxylic acids is 1. The van der Waals surface area contributed by atoms with Gasteiger partial charge in [-0.25, -0.2) is 4.98 Å². The van der Waals surface area contributed by atoms with Crippen LogP contribution >= 0.6 is 22.7 Å². The van der Waals surface area contributed by atoms with Crippen LogP contribution in [0.5, 0.6) is 5.75 Å². The fraction of sp³-hybridized carbons (Fsp3) is 0.440. The number of ether oxygens (including phenoxy) is 1. The lowest BCUT2D eigenvalue weighted by Crippen LogP contribution is -2.40. The van der Waals surface area contributed by atoms with Crippen LogP contribution in [0.25, 0.3) is 0 Å². The molecule has 0 bridgehead atoms. The van der Waals surface area contributed by atoms with Gasteiger partial charge in [0.15, 0.2) is 0 Å². The second-order valence-corrected chi connectivity index (χ2v) is 10.2. The van der Waals surface area contributed by atoms with Gasteiger partial charge >= 0.3 is 0 Å². The van der Waals surface area contributed by atoms with Gasteiger partial charge in [-0.3, -0.25) is 4.79 Å². The Labute approximate surface area is 198 Å². The largest absolute Gasteiger partial charge is 0.486 e. The summed E-state index contributed by atoms with van der Waals surface area (Å²) in [6.45, 7) is 9.06. The molecule has 170 valence electrons. The fourth-order valence-corrected chi connectivity index (χ4v) is 5.34. The molecule has 0 radical (unpaired) electrons. The number of aromatic nitrogens is 1. The van der Waals surface area contributed by atoms with Gasteiger partial charge in [0.05, 0.1) is 17.1 Å². The molecule has 0 atom stereocenters. The summed E-state index contributed by atoms with van der Waals surface area (Å²) >= 11 is 3.10. The highest BCUT2D eigenvalue weighted by Crippen LogP contribution is 2.23. The van der Waals surface area contributed by atoms with Gasteiger partial charge < -0.3 is 14.5 Å². The lowest BCUT2D eigenvalue weighted by Gasteiger charge is -2.29. The topological polar surface area (TPSA) is 45.7 Å². The SMILES string of the molecule is Cc1cccc(OCc2nc(CN(CCN3CCCCC3)C(=O)c3cccs3)cs2)c1C. The number of piperidine rings is 1. The molecule has 5 nitrogen and oxygen atoms in total. The summed E-state index contributed by atoms with van der Waals surface area (Å²) in [4.78, 5) is 23.1. The molecular weight excluding hydrogens is 438 g/mol. The third-order valence-corrected chi connectivity index (χ3v) is 7.74. The van der Waals surface area contributed by atoms with Crippen molar-refractivity contribution in [1.29, 1.82) is 0 Å². The van der Waals surface area contributed by atoms with E-state index in [9.17, 15) is 4.79 Å². The van der Waals surface area contributed by atoms with Gasteiger partial charge in [0, 0.05) is 18.5 Å². The molecule has 0 unspecified atom stereocenters. The van der Waals surface area contributed by atoms with E-state index in [4.69, 9.17) is 9.72 Å². The van der Waals surface area contributed by atoms with Crippen LogP contribution in [-0.2, 0) is 13.2 Å². The molecule has 2 aromatic heterocycles. The molecule has 1 amide bonds. The number of thiophene rings is 1. The highest BCUT2D eigenvalue weighted by Gasteiger charge is 2.20. The number of benzene rings is 1. The van der Waals surface area contributed by atoms with Crippen molar-refractivity contribution in [3.05, 3.63) is 67.8 Å². The van der Waals surface area contributed by atoms with E-state index in [2.05, 4.69) is 30.2 Å². The van der Waals surface area contributed by atoms with E-state index < -0.39 is 0 Å². The van der Waals surface area contributed by atoms with Gasteiger partial charge in [0.2, 0.25) is 0 Å². The first-order chi connectivity index (χ1) is 15.6. The summed E-state index contributed by atoms with van der Waals surface area (Å²) in [5.41, 5.74) is 3.31. The molecular formula is C25H31N3O2S2. The van der Waals surface area contributed by atoms with Crippen molar-refractivity contribution in [2.75, 3.05) is 26.2 Å². The van der Waals surface area contributed by atoms with Gasteiger partial charge in [0.25, 0.3) is 5.91 Å². The highest BCUT2D eigenvalue weighted by molar-refractivity contribution is 7.12. The van der Waals surface area contributed by atoms with Crippen molar-refractivity contribution in [3.8, 4) is 5.75 Å². The first kappa shape index (κ1) is 23.0. The van der Waals surface area contributed by atoms with Crippen LogP contribution < -0.4 is 4.74 Å². The Morgan fingerprint density at radius 1 is 1.12 bits per heavy atom. The zero-order valence-corrected chi connectivity index (χ0v) is 20.5. The molecule has 1 aliphatic heterocycles. The molecule has 0 saturated carbocycles. The van der Waals surface area contributed by atoms with Gasteiger partial charge in [-0.1, -0.05) is 24.6 Å². The third-order valence-electron chi connectivity index (χ3n) is 6.01. The zero-order valence-electron chi connectivity index (χ0n) is 18.9. The molecule has 0 N–H and O–H groups in total. The minimum Gasteiger partial charge on any atom is -0.486 e. The summed E-state index contributed by atoms with van der Waals surface area (Å²) < 4.78 is 6.02. The maximum Gasteiger partial charge on any atom is 0.264 e. The summed E-state index contributed by atoms with van der Waals surface area (Å²) in [5, 5.41) is 4.94. The van der Waals surface area contributed by atoms with Crippen molar-refractivity contribution in [2.45, 2.75) is 46.3 Å². The average molecular weight is 470 g/mol.